The Morgan fingerprint density at radius 2 is 2.07 bits per heavy atom. The van der Waals surface area contributed by atoms with Gasteiger partial charge in [0, 0.05) is 36.4 Å². The highest BCUT2D eigenvalue weighted by molar-refractivity contribution is 5.89. The van der Waals surface area contributed by atoms with Gasteiger partial charge in [0.05, 0.1) is 24.4 Å². The summed E-state index contributed by atoms with van der Waals surface area (Å²) >= 11 is 0. The van der Waals surface area contributed by atoms with Gasteiger partial charge in [0.25, 0.3) is 6.47 Å². The maximum Gasteiger partial charge on any atom is 0.298 e. The summed E-state index contributed by atoms with van der Waals surface area (Å²) in [5.41, 5.74) is 2.38. The molecule has 0 radical (unpaired) electrons. The van der Waals surface area contributed by atoms with Crippen LogP contribution in [0.25, 0.3) is 22.3 Å². The molecule has 1 aliphatic rings. The Balaban J connectivity index is 0.000000204. The maximum absolute atomic E-state index is 9.75. The lowest BCUT2D eigenvalue weighted by Gasteiger charge is -2.41. The Hall–Kier alpha value is -4.03. The summed E-state index contributed by atoms with van der Waals surface area (Å²) < 4.78 is 6.42. The number of carbonyl (C=O) groups excluding carboxylic acids is 1. The van der Waals surface area contributed by atoms with E-state index in [2.05, 4.69) is 36.2 Å². The normalized spacial score (nSPS) is 14.1. The minimum absolute atomic E-state index is 0.225. The van der Waals surface area contributed by atoms with Gasteiger partial charge in [0.2, 0.25) is 0 Å². The zero-order chi connectivity index (χ0) is 20.8. The van der Waals surface area contributed by atoms with Crippen LogP contribution in [-0.2, 0) is 10.3 Å². The molecule has 2 N–H and O–H groups in total. The van der Waals surface area contributed by atoms with Gasteiger partial charge in [-0.2, -0.15) is 10.4 Å². The topological polar surface area (TPSA) is 122 Å². The molecule has 1 aliphatic heterocycles. The number of ether oxygens (including phenoxy) is 1. The third-order valence-corrected chi connectivity index (χ3v) is 4.94. The third kappa shape index (κ3) is 3.76. The molecule has 3 aromatic heterocycles. The molecule has 0 saturated carbocycles. The average Bonchev–Trinajstić information content (AvgIpc) is 3.42. The van der Waals surface area contributed by atoms with Crippen molar-refractivity contribution in [3.63, 3.8) is 0 Å². The van der Waals surface area contributed by atoms with E-state index in [1.165, 1.54) is 0 Å². The number of nitriles is 1. The van der Waals surface area contributed by atoms with Gasteiger partial charge in [0.1, 0.15) is 23.3 Å². The molecule has 0 aliphatic carbocycles. The summed E-state index contributed by atoms with van der Waals surface area (Å²) in [4.78, 5) is 21.4. The minimum Gasteiger partial charge on any atom is -0.429 e. The van der Waals surface area contributed by atoms with Crippen LogP contribution in [0.3, 0.4) is 0 Å². The lowest BCUT2D eigenvalue weighted by atomic mass is 9.89. The van der Waals surface area contributed by atoms with Gasteiger partial charge in [0.15, 0.2) is 0 Å². The number of hydrogen-bond donors (Lipinski definition) is 2. The van der Waals surface area contributed by atoms with E-state index in [4.69, 9.17) is 5.26 Å². The Morgan fingerprint density at radius 3 is 2.77 bits per heavy atom. The predicted molar refractivity (Wildman–Crippen MR) is 109 cm³/mol. The van der Waals surface area contributed by atoms with E-state index in [9.17, 15) is 4.79 Å². The predicted octanol–water partition coefficient (Wildman–Crippen LogP) is 2.26. The number of aromatic amines is 1. The molecule has 1 saturated heterocycles. The van der Waals surface area contributed by atoms with Crippen molar-refractivity contribution in [3.05, 3.63) is 61.3 Å². The van der Waals surface area contributed by atoms with Crippen LogP contribution in [0.4, 0.5) is 0 Å². The molecule has 0 spiro atoms. The van der Waals surface area contributed by atoms with Crippen LogP contribution < -0.4 is 10.1 Å². The second kappa shape index (κ2) is 8.55. The van der Waals surface area contributed by atoms with E-state index in [1.807, 2.05) is 29.2 Å². The minimum atomic E-state index is -0.225. The molecule has 0 unspecified atom stereocenters. The van der Waals surface area contributed by atoms with Crippen molar-refractivity contribution in [1.82, 2.24) is 30.0 Å². The van der Waals surface area contributed by atoms with Crippen LogP contribution >= 0.6 is 0 Å². The smallest absolute Gasteiger partial charge is 0.298 e. The van der Waals surface area contributed by atoms with E-state index in [-0.39, 0.29) is 5.54 Å². The molecule has 4 aromatic rings. The largest absolute Gasteiger partial charge is 0.429 e. The van der Waals surface area contributed by atoms with Crippen molar-refractivity contribution in [2.24, 2.45) is 0 Å². The summed E-state index contributed by atoms with van der Waals surface area (Å²) in [7, 11) is 0. The first-order valence-electron chi connectivity index (χ1n) is 9.32. The molecule has 30 heavy (non-hydrogen) atoms. The zero-order valence-electron chi connectivity index (χ0n) is 16.0. The lowest BCUT2D eigenvalue weighted by Crippen LogP contribution is -2.60. The van der Waals surface area contributed by atoms with E-state index >= 15 is 0 Å². The van der Waals surface area contributed by atoms with Gasteiger partial charge in [-0.15, -0.1) is 0 Å². The van der Waals surface area contributed by atoms with Crippen molar-refractivity contribution < 1.29 is 9.53 Å². The van der Waals surface area contributed by atoms with Crippen LogP contribution in [0.5, 0.6) is 5.75 Å². The Labute approximate surface area is 172 Å². The number of benzene rings is 1. The molecule has 1 aromatic carbocycles. The third-order valence-electron chi connectivity index (χ3n) is 4.94. The van der Waals surface area contributed by atoms with Crippen LogP contribution in [0.2, 0.25) is 0 Å². The second-order valence-corrected chi connectivity index (χ2v) is 6.83. The van der Waals surface area contributed by atoms with Crippen molar-refractivity contribution in [1.29, 1.82) is 5.26 Å². The first kappa shape index (κ1) is 19.3. The molecule has 0 bridgehead atoms. The number of rotatable bonds is 5. The number of H-pyrrole nitrogens is 1. The van der Waals surface area contributed by atoms with Gasteiger partial charge < -0.3 is 15.0 Å². The highest BCUT2D eigenvalue weighted by Gasteiger charge is 2.39. The van der Waals surface area contributed by atoms with Crippen molar-refractivity contribution >= 4 is 17.5 Å². The fourth-order valence-corrected chi connectivity index (χ4v) is 3.29. The number of hydrogen-bond acceptors (Lipinski definition) is 7. The Kier molecular flexibility index (Phi) is 5.50. The van der Waals surface area contributed by atoms with Crippen molar-refractivity contribution in [2.45, 2.75) is 12.0 Å². The Bertz CT molecular complexity index is 1170. The molecule has 0 atom stereocenters. The molecular formula is C21H19N7O2. The monoisotopic (exact) mass is 401 g/mol. The standard InChI is InChI=1S/C14H13N7.C7H6O2/c15-3-2-14(7-16-8-14)21-6-10(5-20-21)12-11-1-4-17-13(11)19-9-18-12;8-6-9-7-4-2-1-3-5-7/h1,4-6,9,16H,2,7-8H2,(H,17,18,19);1-6H. The molecule has 1 fully saturated rings. The summed E-state index contributed by atoms with van der Waals surface area (Å²) in [5, 5.41) is 17.7. The van der Waals surface area contributed by atoms with Crippen LogP contribution in [0, 0.1) is 11.3 Å². The lowest BCUT2D eigenvalue weighted by molar-refractivity contribution is -0.120. The van der Waals surface area contributed by atoms with Gasteiger partial charge in [-0.1, -0.05) is 18.2 Å². The van der Waals surface area contributed by atoms with Crippen molar-refractivity contribution in [2.75, 3.05) is 13.1 Å². The molecule has 9 nitrogen and oxygen atoms in total. The van der Waals surface area contributed by atoms with E-state index in [1.54, 1.807) is 36.8 Å². The van der Waals surface area contributed by atoms with Crippen LogP contribution in [0.1, 0.15) is 6.42 Å². The molecular weight excluding hydrogens is 382 g/mol. The van der Waals surface area contributed by atoms with Crippen molar-refractivity contribution in [3.8, 4) is 23.1 Å². The highest BCUT2D eigenvalue weighted by Crippen LogP contribution is 2.29. The SMILES string of the molecule is N#CCC1(n2cc(-c3ncnc4[nH]ccc34)cn2)CNC1.O=COc1ccccc1. The Morgan fingerprint density at radius 1 is 1.23 bits per heavy atom. The summed E-state index contributed by atoms with van der Waals surface area (Å²) in [6, 6.07) is 13.1. The summed E-state index contributed by atoms with van der Waals surface area (Å²) in [5.74, 6) is 0.576. The van der Waals surface area contributed by atoms with Gasteiger partial charge in [-0.05, 0) is 18.2 Å². The number of fused-ring (bicyclic) bond motifs is 1. The van der Waals surface area contributed by atoms with Crippen LogP contribution in [-0.4, -0.2) is 44.3 Å². The number of nitrogens with zero attached hydrogens (tertiary/aromatic N) is 5. The zero-order valence-corrected chi connectivity index (χ0v) is 16.0. The second-order valence-electron chi connectivity index (χ2n) is 6.83. The summed E-state index contributed by atoms with van der Waals surface area (Å²) in [6.07, 6.45) is 7.60. The van der Waals surface area contributed by atoms with E-state index in [0.717, 1.165) is 35.4 Å². The van der Waals surface area contributed by atoms with Crippen LogP contribution in [0.15, 0.2) is 61.3 Å². The number of para-hydroxylation sites is 1. The summed E-state index contributed by atoms with van der Waals surface area (Å²) in [6.45, 7) is 1.95. The molecule has 5 rings (SSSR count). The number of aromatic nitrogens is 5. The molecule has 4 heterocycles. The van der Waals surface area contributed by atoms with Gasteiger partial charge >= 0.3 is 0 Å². The van der Waals surface area contributed by atoms with Gasteiger partial charge in [-0.25, -0.2) is 9.97 Å². The maximum atomic E-state index is 9.75. The fraction of sp³-hybridized carbons (Fsp3) is 0.190. The highest BCUT2D eigenvalue weighted by atomic mass is 16.5. The quantitative estimate of drug-likeness (QED) is 0.492. The molecule has 0 amide bonds. The first-order chi connectivity index (χ1) is 14.8. The number of carbonyl (C=O) groups is 1. The molecule has 9 heteroatoms. The molecule has 150 valence electrons. The fourth-order valence-electron chi connectivity index (χ4n) is 3.29. The first-order valence-corrected chi connectivity index (χ1v) is 9.32. The van der Waals surface area contributed by atoms with E-state index in [0.29, 0.717) is 18.6 Å². The van der Waals surface area contributed by atoms with Gasteiger partial charge in [-0.3, -0.25) is 9.48 Å². The average molecular weight is 401 g/mol. The van der Waals surface area contributed by atoms with E-state index < -0.39 is 0 Å². The number of nitrogens with one attached hydrogen (secondary N) is 2.